The number of carbonyl (C=O) groups excluding carboxylic acids is 1. The zero-order chi connectivity index (χ0) is 22.9. The van der Waals surface area contributed by atoms with Gasteiger partial charge < -0.3 is 15.0 Å². The Morgan fingerprint density at radius 1 is 1.28 bits per heavy atom. The topological polar surface area (TPSA) is 111 Å². The number of aromatic nitrogens is 6. The molecule has 0 saturated carbocycles. The van der Waals surface area contributed by atoms with E-state index in [4.69, 9.17) is 14.8 Å². The summed E-state index contributed by atoms with van der Waals surface area (Å²) in [5.74, 6) is 0.577. The van der Waals surface area contributed by atoms with Crippen LogP contribution in [0.5, 0.6) is 0 Å². The van der Waals surface area contributed by atoms with Gasteiger partial charge in [0, 0.05) is 38.9 Å². The van der Waals surface area contributed by atoms with Gasteiger partial charge in [-0.05, 0) is 19.0 Å². The molecule has 11 heteroatoms. The van der Waals surface area contributed by atoms with Crippen LogP contribution in [0.3, 0.4) is 0 Å². The summed E-state index contributed by atoms with van der Waals surface area (Å²) in [6.07, 6.45) is 3.41. The van der Waals surface area contributed by atoms with Crippen molar-refractivity contribution in [1.29, 1.82) is 0 Å². The molecule has 4 aromatic heterocycles. The average Bonchev–Trinajstić information content (AvgIpc) is 3.42. The van der Waals surface area contributed by atoms with Gasteiger partial charge in [-0.15, -0.1) is 11.3 Å². The lowest BCUT2D eigenvalue weighted by Gasteiger charge is -2.15. The van der Waals surface area contributed by atoms with Gasteiger partial charge in [0.2, 0.25) is 5.91 Å². The molecule has 0 aromatic carbocycles. The second-order valence-electron chi connectivity index (χ2n) is 8.93. The van der Waals surface area contributed by atoms with Crippen molar-refractivity contribution in [2.75, 3.05) is 11.9 Å². The van der Waals surface area contributed by atoms with Crippen molar-refractivity contribution in [3.63, 3.8) is 0 Å². The molecule has 0 aliphatic heterocycles. The van der Waals surface area contributed by atoms with E-state index in [9.17, 15) is 4.79 Å². The first-order valence-electron chi connectivity index (χ1n) is 10.4. The summed E-state index contributed by atoms with van der Waals surface area (Å²) in [4.78, 5) is 28.4. The highest BCUT2D eigenvalue weighted by Crippen LogP contribution is 2.32. The van der Waals surface area contributed by atoms with Crippen LogP contribution in [0.2, 0.25) is 25.7 Å². The molecule has 1 amide bonds. The fraction of sp³-hybridized carbons (Fsp3) is 0.381. The van der Waals surface area contributed by atoms with Gasteiger partial charge in [-0.2, -0.15) is 5.10 Å². The number of imidazole rings is 1. The summed E-state index contributed by atoms with van der Waals surface area (Å²) in [6, 6.07) is 2.96. The molecular weight excluding hydrogens is 442 g/mol. The number of carbonyl (C=O) groups is 1. The Hall–Kier alpha value is -2.89. The van der Waals surface area contributed by atoms with Crippen molar-refractivity contribution >= 4 is 42.0 Å². The van der Waals surface area contributed by atoms with Gasteiger partial charge in [-0.25, -0.2) is 19.6 Å². The normalized spacial score (nSPS) is 11.9. The van der Waals surface area contributed by atoms with Crippen LogP contribution in [0.15, 0.2) is 23.8 Å². The van der Waals surface area contributed by atoms with Crippen LogP contribution < -0.4 is 5.32 Å². The highest BCUT2D eigenvalue weighted by molar-refractivity contribution is 7.13. The van der Waals surface area contributed by atoms with Gasteiger partial charge in [0.05, 0.1) is 17.3 Å². The van der Waals surface area contributed by atoms with Crippen LogP contribution in [0, 0.1) is 6.92 Å². The Morgan fingerprint density at radius 2 is 2.09 bits per heavy atom. The summed E-state index contributed by atoms with van der Waals surface area (Å²) in [5, 5.41) is 11.1. The molecular formula is C21H27N7O2SSi. The minimum absolute atomic E-state index is 0.154. The molecule has 0 aliphatic rings. The number of rotatable bonds is 8. The maximum Gasteiger partial charge on any atom is 0.221 e. The lowest BCUT2D eigenvalue weighted by molar-refractivity contribution is -0.114. The molecule has 0 unspecified atom stereocenters. The first-order chi connectivity index (χ1) is 15.2. The van der Waals surface area contributed by atoms with Crippen LogP contribution in [0.25, 0.3) is 33.3 Å². The third kappa shape index (κ3) is 5.11. The Kier molecular flexibility index (Phi) is 6.22. The summed E-state index contributed by atoms with van der Waals surface area (Å²) >= 11 is 1.50. The molecule has 4 heterocycles. The highest BCUT2D eigenvalue weighted by atomic mass is 32.1. The number of thiazole rings is 1. The predicted molar refractivity (Wildman–Crippen MR) is 129 cm³/mol. The maximum atomic E-state index is 11.5. The third-order valence-electron chi connectivity index (χ3n) is 4.77. The molecule has 0 aliphatic carbocycles. The summed E-state index contributed by atoms with van der Waals surface area (Å²) in [5.41, 5.74) is 3.70. The molecule has 4 aromatic rings. The van der Waals surface area contributed by atoms with Crippen molar-refractivity contribution in [2.45, 2.75) is 46.3 Å². The van der Waals surface area contributed by atoms with E-state index >= 15 is 0 Å². The SMILES string of the molecule is CC(=O)Nc1cnc2c(c1)c(-c1csc(-c3ncc(C)[nH]3)n1)nn2COCC[Si](C)(C)C. The number of pyridine rings is 1. The predicted octanol–water partition coefficient (Wildman–Crippen LogP) is 4.52. The Balaban J connectivity index is 1.68. The van der Waals surface area contributed by atoms with Gasteiger partial charge in [0.25, 0.3) is 0 Å². The van der Waals surface area contributed by atoms with Gasteiger partial charge in [-0.3, -0.25) is 4.79 Å². The Morgan fingerprint density at radius 3 is 2.78 bits per heavy atom. The number of nitrogens with one attached hydrogen (secondary N) is 2. The van der Waals surface area contributed by atoms with E-state index in [2.05, 4.69) is 39.9 Å². The number of anilines is 1. The molecule has 0 bridgehead atoms. The Bertz CT molecular complexity index is 1250. The molecule has 0 spiro atoms. The first kappa shape index (κ1) is 22.3. The Labute approximate surface area is 191 Å². The van der Waals surface area contributed by atoms with Crippen molar-refractivity contribution in [3.8, 4) is 22.2 Å². The van der Waals surface area contributed by atoms with Gasteiger partial charge >= 0.3 is 0 Å². The maximum absolute atomic E-state index is 11.5. The van der Waals surface area contributed by atoms with Crippen molar-refractivity contribution < 1.29 is 9.53 Å². The molecule has 0 saturated heterocycles. The smallest absolute Gasteiger partial charge is 0.221 e. The molecule has 9 nitrogen and oxygen atoms in total. The summed E-state index contributed by atoms with van der Waals surface area (Å²) in [6.45, 7) is 11.4. The average molecular weight is 470 g/mol. The largest absolute Gasteiger partial charge is 0.359 e. The monoisotopic (exact) mass is 469 g/mol. The zero-order valence-corrected chi connectivity index (χ0v) is 20.7. The second-order valence-corrected chi connectivity index (χ2v) is 15.4. The lowest BCUT2D eigenvalue weighted by atomic mass is 10.2. The highest BCUT2D eigenvalue weighted by Gasteiger charge is 2.19. The number of hydrogen-bond acceptors (Lipinski definition) is 7. The number of nitrogens with zero attached hydrogens (tertiary/aromatic N) is 5. The molecule has 32 heavy (non-hydrogen) atoms. The number of aromatic amines is 1. The van der Waals surface area contributed by atoms with Crippen LogP contribution in [0.1, 0.15) is 12.6 Å². The number of ether oxygens (including phenoxy) is 1. The minimum atomic E-state index is -1.18. The number of amides is 1. The van der Waals surface area contributed by atoms with Crippen LogP contribution in [-0.2, 0) is 16.3 Å². The number of fused-ring (bicyclic) bond motifs is 1. The molecule has 0 radical (unpaired) electrons. The van der Waals surface area contributed by atoms with E-state index < -0.39 is 8.07 Å². The van der Waals surface area contributed by atoms with E-state index in [0.717, 1.165) is 33.7 Å². The van der Waals surface area contributed by atoms with Gasteiger partial charge in [0.1, 0.15) is 18.1 Å². The lowest BCUT2D eigenvalue weighted by Crippen LogP contribution is -2.22. The standard InChI is InChI=1S/C21H27N7O2SSi/c1-13-9-22-19(24-13)21-26-17(11-31-21)18-16-8-15(25-14(2)29)10-23-20(16)28(27-18)12-30-6-7-32(3,4)5/h8-11H,6-7,12H2,1-5H3,(H,22,24)(H,25,29). The summed E-state index contributed by atoms with van der Waals surface area (Å²) < 4.78 is 7.67. The van der Waals surface area contributed by atoms with E-state index in [1.807, 2.05) is 18.4 Å². The number of aryl methyl sites for hydroxylation is 1. The quantitative estimate of drug-likeness (QED) is 0.290. The van der Waals surface area contributed by atoms with E-state index in [-0.39, 0.29) is 5.91 Å². The molecule has 0 fully saturated rings. The van der Waals surface area contributed by atoms with E-state index in [0.29, 0.717) is 30.4 Å². The van der Waals surface area contributed by atoms with E-state index in [1.54, 1.807) is 17.1 Å². The van der Waals surface area contributed by atoms with Crippen LogP contribution in [0.4, 0.5) is 5.69 Å². The number of hydrogen-bond donors (Lipinski definition) is 2. The van der Waals surface area contributed by atoms with Crippen molar-refractivity contribution in [1.82, 2.24) is 29.7 Å². The number of H-pyrrole nitrogens is 1. The molecule has 4 rings (SSSR count). The van der Waals surface area contributed by atoms with Gasteiger partial charge in [-0.1, -0.05) is 19.6 Å². The zero-order valence-electron chi connectivity index (χ0n) is 18.9. The second kappa shape index (κ2) is 8.92. The molecule has 2 N–H and O–H groups in total. The van der Waals surface area contributed by atoms with Gasteiger partial charge in [0.15, 0.2) is 16.5 Å². The van der Waals surface area contributed by atoms with Crippen LogP contribution in [-0.4, -0.2) is 50.3 Å². The third-order valence-corrected chi connectivity index (χ3v) is 7.32. The van der Waals surface area contributed by atoms with Crippen molar-refractivity contribution in [3.05, 3.63) is 29.5 Å². The fourth-order valence-corrected chi connectivity index (χ4v) is 4.66. The van der Waals surface area contributed by atoms with Crippen LogP contribution >= 0.6 is 11.3 Å². The van der Waals surface area contributed by atoms with Crippen molar-refractivity contribution in [2.24, 2.45) is 0 Å². The minimum Gasteiger partial charge on any atom is -0.359 e. The molecule has 0 atom stereocenters. The summed E-state index contributed by atoms with van der Waals surface area (Å²) in [7, 11) is -1.18. The molecule has 168 valence electrons. The fourth-order valence-electron chi connectivity index (χ4n) is 3.15. The van der Waals surface area contributed by atoms with E-state index in [1.165, 1.54) is 18.3 Å². The first-order valence-corrected chi connectivity index (χ1v) is 15.0.